The Bertz CT molecular complexity index is 879. The largest absolute Gasteiger partial charge is 0.493 e. The van der Waals surface area contributed by atoms with Gasteiger partial charge in [0.2, 0.25) is 6.79 Å². The van der Waals surface area contributed by atoms with Crippen LogP contribution in [0.1, 0.15) is 57.9 Å². The molecule has 13 heteroatoms. The van der Waals surface area contributed by atoms with E-state index in [0.29, 0.717) is 0 Å². The van der Waals surface area contributed by atoms with Crippen LogP contribution in [0.2, 0.25) is 0 Å². The number of rotatable bonds is 14. The Kier molecular flexibility index (Phi) is 12.4. The first-order chi connectivity index (χ1) is 16.8. The predicted molar refractivity (Wildman–Crippen MR) is 120 cm³/mol. The highest BCUT2D eigenvalue weighted by atomic mass is 19.4. The summed E-state index contributed by atoms with van der Waals surface area (Å²) in [4.78, 5) is 40.4. The molecular weight excluding hydrogens is 489 g/mol. The maximum atomic E-state index is 12.8. The van der Waals surface area contributed by atoms with Crippen LogP contribution in [0.25, 0.3) is 0 Å². The summed E-state index contributed by atoms with van der Waals surface area (Å²) >= 11 is 0. The van der Waals surface area contributed by atoms with E-state index in [1.165, 1.54) is 33.2 Å². The van der Waals surface area contributed by atoms with E-state index >= 15 is 0 Å². The molecule has 0 fully saturated rings. The van der Waals surface area contributed by atoms with E-state index in [1.54, 1.807) is 20.8 Å². The molecule has 1 aromatic heterocycles. The fraction of sp³-hybridized carbons (Fsp3) is 0.652. The number of alkyl halides is 3. The van der Waals surface area contributed by atoms with Gasteiger partial charge in [-0.1, -0.05) is 13.8 Å². The van der Waals surface area contributed by atoms with Crippen LogP contribution in [0, 0.1) is 5.92 Å². The molecule has 1 rings (SSSR count). The van der Waals surface area contributed by atoms with Crippen molar-refractivity contribution in [2.24, 2.45) is 5.92 Å². The first-order valence-corrected chi connectivity index (χ1v) is 11.3. The normalized spacial score (nSPS) is 13.9. The molecule has 0 spiro atoms. The highest BCUT2D eigenvalue weighted by Gasteiger charge is 2.31. The molecule has 1 aromatic rings. The topological polar surface area (TPSA) is 122 Å². The summed E-state index contributed by atoms with van der Waals surface area (Å²) in [6, 6.07) is 0.312. The Balaban J connectivity index is 2.81. The second-order valence-electron chi connectivity index (χ2n) is 8.22. The monoisotopic (exact) mass is 522 g/mol. The van der Waals surface area contributed by atoms with Gasteiger partial charge in [-0.2, -0.15) is 13.2 Å². The molecule has 3 atom stereocenters. The van der Waals surface area contributed by atoms with Gasteiger partial charge >= 0.3 is 18.1 Å². The van der Waals surface area contributed by atoms with Gasteiger partial charge in [0.1, 0.15) is 12.1 Å². The lowest BCUT2D eigenvalue weighted by molar-refractivity contribution is -0.164. The third kappa shape index (κ3) is 10.7. The quantitative estimate of drug-likeness (QED) is 0.222. The molecule has 0 saturated carbocycles. The zero-order valence-corrected chi connectivity index (χ0v) is 21.1. The summed E-state index contributed by atoms with van der Waals surface area (Å²) < 4.78 is 63.1. The fourth-order valence-electron chi connectivity index (χ4n) is 3.03. The molecule has 0 saturated heterocycles. The molecular formula is C23H33F3N2O8. The van der Waals surface area contributed by atoms with E-state index in [4.69, 9.17) is 23.7 Å². The minimum Gasteiger partial charge on any atom is -0.493 e. The molecule has 0 bridgehead atoms. The van der Waals surface area contributed by atoms with E-state index < -0.39 is 55.5 Å². The number of aromatic nitrogens is 1. The minimum atomic E-state index is -4.27. The fourth-order valence-corrected chi connectivity index (χ4v) is 3.03. The SMILES string of the molecule is COc1ccnc(C(=O)N[C@@H](C)C(=O)OC(C(C)C)[C@H](C)OCCCC(F)(F)F)c1OCOC(C)=O. The Hall–Kier alpha value is -3.09. The zero-order valence-electron chi connectivity index (χ0n) is 21.1. The summed E-state index contributed by atoms with van der Waals surface area (Å²) in [7, 11) is 1.34. The summed E-state index contributed by atoms with van der Waals surface area (Å²) in [6.45, 7) is 7.07. The zero-order chi connectivity index (χ0) is 27.5. The number of methoxy groups -OCH3 is 1. The Morgan fingerprint density at radius 1 is 1.14 bits per heavy atom. The molecule has 0 radical (unpaired) electrons. The number of ether oxygens (including phenoxy) is 5. The number of hydrogen-bond donors (Lipinski definition) is 1. The van der Waals surface area contributed by atoms with Crippen molar-refractivity contribution in [1.29, 1.82) is 0 Å². The molecule has 10 nitrogen and oxygen atoms in total. The van der Waals surface area contributed by atoms with Crippen LogP contribution in [0.3, 0.4) is 0 Å². The van der Waals surface area contributed by atoms with Crippen LogP contribution in [-0.4, -0.2) is 67.8 Å². The lowest BCUT2D eigenvalue weighted by atomic mass is 10.0. The Labute approximate surface area is 207 Å². The van der Waals surface area contributed by atoms with Crippen molar-refractivity contribution in [3.8, 4) is 11.5 Å². The molecule has 36 heavy (non-hydrogen) atoms. The number of carbonyl (C=O) groups is 3. The van der Waals surface area contributed by atoms with Crippen molar-refractivity contribution in [3.63, 3.8) is 0 Å². The number of halogens is 3. The van der Waals surface area contributed by atoms with Crippen molar-refractivity contribution in [3.05, 3.63) is 18.0 Å². The van der Waals surface area contributed by atoms with Gasteiger partial charge in [-0.25, -0.2) is 9.78 Å². The molecule has 204 valence electrons. The maximum Gasteiger partial charge on any atom is 0.389 e. The Morgan fingerprint density at radius 3 is 2.36 bits per heavy atom. The molecule has 0 aliphatic rings. The average Bonchev–Trinajstić information content (AvgIpc) is 2.78. The van der Waals surface area contributed by atoms with Crippen molar-refractivity contribution in [2.45, 2.75) is 71.9 Å². The van der Waals surface area contributed by atoms with Crippen molar-refractivity contribution < 1.29 is 51.2 Å². The van der Waals surface area contributed by atoms with Gasteiger partial charge in [0.25, 0.3) is 5.91 Å². The highest BCUT2D eigenvalue weighted by molar-refractivity contribution is 5.98. The van der Waals surface area contributed by atoms with Crippen molar-refractivity contribution in [2.75, 3.05) is 20.5 Å². The van der Waals surface area contributed by atoms with Gasteiger partial charge in [0.05, 0.1) is 13.2 Å². The Morgan fingerprint density at radius 2 is 1.81 bits per heavy atom. The number of nitrogens with zero attached hydrogens (tertiary/aromatic N) is 1. The van der Waals surface area contributed by atoms with Crippen LogP contribution >= 0.6 is 0 Å². The molecule has 0 aromatic carbocycles. The van der Waals surface area contributed by atoms with Gasteiger partial charge < -0.3 is 29.0 Å². The van der Waals surface area contributed by atoms with E-state index in [1.807, 2.05) is 0 Å². The summed E-state index contributed by atoms with van der Waals surface area (Å²) in [5.41, 5.74) is -0.220. The molecule has 1 heterocycles. The standard InChI is InChI=1S/C23H33F3N2O8/c1-13(2)19(15(4)33-11-7-9-23(24,25)26)36-22(31)14(3)28-21(30)18-20(35-12-34-16(5)29)17(32-6)8-10-27-18/h8,10,13-15,19H,7,9,11-12H2,1-6H3,(H,28,30)/t14-,15-,19?/m0/s1. The summed E-state index contributed by atoms with van der Waals surface area (Å²) in [6.07, 6.45) is -5.60. The second kappa shape index (κ2) is 14.5. The smallest absolute Gasteiger partial charge is 0.389 e. The van der Waals surface area contributed by atoms with Crippen LogP contribution in [0.4, 0.5) is 13.2 Å². The first-order valence-electron chi connectivity index (χ1n) is 11.3. The summed E-state index contributed by atoms with van der Waals surface area (Å²) in [5.74, 6) is -2.32. The van der Waals surface area contributed by atoms with Crippen LogP contribution < -0.4 is 14.8 Å². The van der Waals surface area contributed by atoms with E-state index in [0.717, 1.165) is 0 Å². The summed E-state index contributed by atoms with van der Waals surface area (Å²) in [5, 5.41) is 2.45. The van der Waals surface area contributed by atoms with Gasteiger partial charge in [-0.15, -0.1) is 0 Å². The van der Waals surface area contributed by atoms with Gasteiger partial charge in [0.15, 0.2) is 17.2 Å². The number of hydrogen-bond acceptors (Lipinski definition) is 9. The van der Waals surface area contributed by atoms with Gasteiger partial charge in [-0.3, -0.25) is 9.59 Å². The maximum absolute atomic E-state index is 12.8. The van der Waals surface area contributed by atoms with Crippen molar-refractivity contribution >= 4 is 17.8 Å². The van der Waals surface area contributed by atoms with Crippen LogP contribution in [-0.2, 0) is 23.8 Å². The number of nitrogens with one attached hydrogen (secondary N) is 1. The molecule has 1 amide bonds. The average molecular weight is 523 g/mol. The van der Waals surface area contributed by atoms with Crippen molar-refractivity contribution in [1.82, 2.24) is 10.3 Å². The molecule has 1 unspecified atom stereocenters. The van der Waals surface area contributed by atoms with E-state index in [-0.39, 0.29) is 36.1 Å². The van der Waals surface area contributed by atoms with E-state index in [2.05, 4.69) is 10.3 Å². The second-order valence-corrected chi connectivity index (χ2v) is 8.22. The first kappa shape index (κ1) is 30.9. The van der Waals surface area contributed by atoms with Crippen LogP contribution in [0.15, 0.2) is 12.3 Å². The van der Waals surface area contributed by atoms with Crippen LogP contribution in [0.5, 0.6) is 11.5 Å². The third-order valence-corrected chi connectivity index (χ3v) is 4.83. The molecule has 0 aliphatic carbocycles. The van der Waals surface area contributed by atoms with Gasteiger partial charge in [0, 0.05) is 32.2 Å². The van der Waals surface area contributed by atoms with E-state index in [9.17, 15) is 27.6 Å². The minimum absolute atomic E-state index is 0.0970. The number of amides is 1. The number of esters is 2. The molecule has 0 aliphatic heterocycles. The molecule has 1 N–H and O–H groups in total. The van der Waals surface area contributed by atoms with Gasteiger partial charge in [-0.05, 0) is 26.2 Å². The highest BCUT2D eigenvalue weighted by Crippen LogP contribution is 2.29. The third-order valence-electron chi connectivity index (χ3n) is 4.83. The lowest BCUT2D eigenvalue weighted by Gasteiger charge is -2.29. The lowest BCUT2D eigenvalue weighted by Crippen LogP contribution is -2.44. The number of carbonyl (C=O) groups excluding carboxylic acids is 3. The number of pyridine rings is 1. The predicted octanol–water partition coefficient (Wildman–Crippen LogP) is 3.42.